The molecule has 0 fully saturated rings. The van der Waals surface area contributed by atoms with Gasteiger partial charge >= 0.3 is 12.0 Å². The Kier molecular flexibility index (Phi) is 4.80. The Labute approximate surface area is 145 Å². The summed E-state index contributed by atoms with van der Waals surface area (Å²) in [5, 5.41) is 2.83. The van der Waals surface area contributed by atoms with Gasteiger partial charge in [-0.05, 0) is 24.6 Å². The highest BCUT2D eigenvalue weighted by molar-refractivity contribution is 5.95. The van der Waals surface area contributed by atoms with Crippen LogP contribution >= 0.6 is 0 Å². The number of hydrogen-bond acceptors (Lipinski definition) is 6. The van der Waals surface area contributed by atoms with E-state index in [1.165, 1.54) is 12.0 Å². The number of rotatable bonds is 5. The van der Waals surface area contributed by atoms with E-state index in [4.69, 9.17) is 18.9 Å². The van der Waals surface area contributed by atoms with Crippen LogP contribution in [0.3, 0.4) is 0 Å². The first-order valence-electron chi connectivity index (χ1n) is 7.83. The average molecular weight is 348 g/mol. The largest absolute Gasteiger partial charge is 0.460 e. The molecule has 1 aromatic carbocycles. The van der Waals surface area contributed by atoms with Crippen molar-refractivity contribution in [2.24, 2.45) is 0 Å². The number of carbonyl (C=O) groups is 2. The molecule has 1 aromatic rings. The molecule has 0 saturated carbocycles. The van der Waals surface area contributed by atoms with Crippen LogP contribution in [0.25, 0.3) is 0 Å². The molecule has 8 nitrogen and oxygen atoms in total. The zero-order valence-corrected chi connectivity index (χ0v) is 14.3. The quantitative estimate of drug-likeness (QED) is 0.642. The lowest BCUT2D eigenvalue weighted by molar-refractivity contribution is -0.140. The third kappa shape index (κ3) is 3.25. The summed E-state index contributed by atoms with van der Waals surface area (Å²) < 4.78 is 20.9. The van der Waals surface area contributed by atoms with Gasteiger partial charge in [0.15, 0.2) is 11.5 Å². The molecule has 3 rings (SSSR count). The molecule has 1 atom stereocenters. The summed E-state index contributed by atoms with van der Waals surface area (Å²) in [5.74, 6) is 0.715. The Bertz CT molecular complexity index is 730. The summed E-state index contributed by atoms with van der Waals surface area (Å²) in [6.07, 6.45) is 0. The van der Waals surface area contributed by atoms with Crippen LogP contribution in [0.5, 0.6) is 11.5 Å². The lowest BCUT2D eigenvalue weighted by Gasteiger charge is -2.33. The van der Waals surface area contributed by atoms with Crippen molar-refractivity contribution < 1.29 is 28.5 Å². The number of nitrogens with one attached hydrogen (secondary N) is 1. The zero-order chi connectivity index (χ0) is 18.0. The van der Waals surface area contributed by atoms with Crippen molar-refractivity contribution in [3.63, 3.8) is 0 Å². The van der Waals surface area contributed by atoms with Crippen molar-refractivity contribution in [3.05, 3.63) is 35.0 Å². The number of fused-ring (bicyclic) bond motifs is 1. The molecule has 0 aliphatic carbocycles. The summed E-state index contributed by atoms with van der Waals surface area (Å²) in [7, 11) is 3.13. The molecule has 134 valence electrons. The number of hydrogen-bond donors (Lipinski definition) is 1. The minimum atomic E-state index is -0.631. The molecule has 0 saturated heterocycles. The topological polar surface area (TPSA) is 86.3 Å². The van der Waals surface area contributed by atoms with Crippen LogP contribution < -0.4 is 14.8 Å². The van der Waals surface area contributed by atoms with E-state index in [9.17, 15) is 9.59 Å². The van der Waals surface area contributed by atoms with Gasteiger partial charge < -0.3 is 29.2 Å². The summed E-state index contributed by atoms with van der Waals surface area (Å²) >= 11 is 0. The molecule has 1 N–H and O–H groups in total. The molecule has 2 aliphatic rings. The number of ether oxygens (including phenoxy) is 4. The molecule has 1 unspecified atom stereocenters. The number of amides is 2. The Morgan fingerprint density at radius 3 is 2.84 bits per heavy atom. The molecule has 0 spiro atoms. The molecule has 2 amide bonds. The smallest absolute Gasteiger partial charge is 0.338 e. The van der Waals surface area contributed by atoms with E-state index in [0.29, 0.717) is 34.9 Å². The van der Waals surface area contributed by atoms with Crippen LogP contribution in [0.2, 0.25) is 0 Å². The van der Waals surface area contributed by atoms with Crippen LogP contribution in [0.1, 0.15) is 18.5 Å². The first-order valence-corrected chi connectivity index (χ1v) is 7.83. The van der Waals surface area contributed by atoms with E-state index in [-0.39, 0.29) is 19.4 Å². The van der Waals surface area contributed by atoms with E-state index in [1.807, 2.05) is 0 Å². The fourth-order valence-electron chi connectivity index (χ4n) is 2.74. The molecular formula is C17H20N2O6. The molecule has 0 bridgehead atoms. The third-order valence-corrected chi connectivity index (χ3v) is 4.22. The highest BCUT2D eigenvalue weighted by Crippen LogP contribution is 2.37. The zero-order valence-electron chi connectivity index (χ0n) is 14.3. The van der Waals surface area contributed by atoms with Gasteiger partial charge in [0.05, 0.1) is 18.2 Å². The molecule has 25 heavy (non-hydrogen) atoms. The fourth-order valence-corrected chi connectivity index (χ4v) is 2.74. The molecule has 8 heteroatoms. The average Bonchev–Trinajstić information content (AvgIpc) is 3.07. The molecule has 2 aliphatic heterocycles. The van der Waals surface area contributed by atoms with E-state index in [2.05, 4.69) is 5.32 Å². The van der Waals surface area contributed by atoms with Crippen molar-refractivity contribution in [2.75, 3.05) is 34.2 Å². The van der Waals surface area contributed by atoms with Gasteiger partial charge in [0.2, 0.25) is 6.79 Å². The lowest BCUT2D eigenvalue weighted by atomic mass is 9.95. The maximum atomic E-state index is 12.6. The number of esters is 1. The normalized spacial score (nSPS) is 19.1. The molecular weight excluding hydrogens is 328 g/mol. The summed E-state index contributed by atoms with van der Waals surface area (Å²) in [4.78, 5) is 26.2. The van der Waals surface area contributed by atoms with Crippen molar-refractivity contribution >= 4 is 12.0 Å². The van der Waals surface area contributed by atoms with Crippen molar-refractivity contribution in [1.29, 1.82) is 0 Å². The monoisotopic (exact) mass is 348 g/mol. The molecule has 0 radical (unpaired) electrons. The van der Waals surface area contributed by atoms with Crippen LogP contribution in [-0.4, -0.2) is 51.1 Å². The Balaban J connectivity index is 1.94. The van der Waals surface area contributed by atoms with Gasteiger partial charge in [0.25, 0.3) is 0 Å². The lowest BCUT2D eigenvalue weighted by Crippen LogP contribution is -2.46. The van der Waals surface area contributed by atoms with Crippen molar-refractivity contribution in [2.45, 2.75) is 13.0 Å². The van der Waals surface area contributed by atoms with Crippen LogP contribution in [0.15, 0.2) is 29.5 Å². The van der Waals surface area contributed by atoms with Crippen LogP contribution in [0, 0.1) is 0 Å². The predicted octanol–water partition coefficient (Wildman–Crippen LogP) is 1.58. The van der Waals surface area contributed by atoms with Crippen molar-refractivity contribution in [1.82, 2.24) is 10.2 Å². The number of allylic oxidation sites excluding steroid dienone is 1. The number of benzene rings is 1. The SMILES string of the molecule is COCCOC(=O)C1=C(C)N(C)C(=O)NC1c1ccc2c(c1)OCO2. The third-order valence-electron chi connectivity index (χ3n) is 4.22. The summed E-state index contributed by atoms with van der Waals surface area (Å²) in [6.45, 7) is 2.30. The van der Waals surface area contributed by atoms with E-state index >= 15 is 0 Å². The first kappa shape index (κ1) is 17.1. The standard InChI is InChI=1S/C17H20N2O6/c1-10-14(16(20)23-7-6-22-3)15(18-17(21)19(10)2)11-4-5-12-13(8-11)25-9-24-12/h4-5,8,15H,6-7,9H2,1-3H3,(H,18,21). The van der Waals surface area contributed by atoms with E-state index in [1.54, 1.807) is 32.2 Å². The second-order valence-electron chi connectivity index (χ2n) is 5.68. The minimum Gasteiger partial charge on any atom is -0.460 e. The van der Waals surface area contributed by atoms with Gasteiger partial charge in [0, 0.05) is 19.9 Å². The summed E-state index contributed by atoms with van der Waals surface area (Å²) in [5.41, 5.74) is 1.62. The number of carbonyl (C=O) groups excluding carboxylic acids is 2. The highest BCUT2D eigenvalue weighted by atomic mass is 16.7. The van der Waals surface area contributed by atoms with E-state index < -0.39 is 12.0 Å². The van der Waals surface area contributed by atoms with Gasteiger partial charge in [0.1, 0.15) is 6.61 Å². The highest BCUT2D eigenvalue weighted by Gasteiger charge is 2.35. The van der Waals surface area contributed by atoms with Crippen LogP contribution in [-0.2, 0) is 14.3 Å². The number of nitrogens with zero attached hydrogens (tertiary/aromatic N) is 1. The second kappa shape index (κ2) is 7.02. The van der Waals surface area contributed by atoms with Gasteiger partial charge in [-0.2, -0.15) is 0 Å². The van der Waals surface area contributed by atoms with E-state index in [0.717, 1.165) is 0 Å². The fraction of sp³-hybridized carbons (Fsp3) is 0.412. The Morgan fingerprint density at radius 1 is 1.32 bits per heavy atom. The van der Waals surface area contributed by atoms with Gasteiger partial charge in [-0.1, -0.05) is 6.07 Å². The van der Waals surface area contributed by atoms with Crippen molar-refractivity contribution in [3.8, 4) is 11.5 Å². The second-order valence-corrected chi connectivity index (χ2v) is 5.68. The number of methoxy groups -OCH3 is 1. The van der Waals surface area contributed by atoms with Gasteiger partial charge in [-0.3, -0.25) is 0 Å². The predicted molar refractivity (Wildman–Crippen MR) is 87.1 cm³/mol. The van der Waals surface area contributed by atoms with Gasteiger partial charge in [-0.15, -0.1) is 0 Å². The number of urea groups is 1. The Hall–Kier alpha value is -2.74. The maximum absolute atomic E-state index is 12.6. The maximum Gasteiger partial charge on any atom is 0.338 e. The molecule has 2 heterocycles. The Morgan fingerprint density at radius 2 is 2.08 bits per heavy atom. The first-order chi connectivity index (χ1) is 12.0. The van der Waals surface area contributed by atoms with Crippen LogP contribution in [0.4, 0.5) is 4.79 Å². The summed E-state index contributed by atoms with van der Waals surface area (Å²) in [6, 6.07) is 4.38. The molecule has 0 aromatic heterocycles. The van der Waals surface area contributed by atoms with Gasteiger partial charge in [-0.25, -0.2) is 9.59 Å². The minimum absolute atomic E-state index is 0.137.